The van der Waals surface area contributed by atoms with Crippen LogP contribution in [0.3, 0.4) is 0 Å². The summed E-state index contributed by atoms with van der Waals surface area (Å²) >= 11 is 0. The maximum atomic E-state index is 14.1. The molecule has 1 amide bonds. The number of hydrogen-bond acceptors (Lipinski definition) is 5. The van der Waals surface area contributed by atoms with Crippen molar-refractivity contribution in [3.63, 3.8) is 0 Å². The molecule has 8 heteroatoms. The minimum Gasteiger partial charge on any atom is -0.508 e. The van der Waals surface area contributed by atoms with Crippen LogP contribution in [0.2, 0.25) is 0 Å². The van der Waals surface area contributed by atoms with Gasteiger partial charge in [0.2, 0.25) is 0 Å². The number of anilines is 1. The van der Waals surface area contributed by atoms with Gasteiger partial charge in [-0.1, -0.05) is 26.0 Å². The van der Waals surface area contributed by atoms with Gasteiger partial charge < -0.3 is 14.9 Å². The quantitative estimate of drug-likeness (QED) is 0.257. The highest BCUT2D eigenvalue weighted by atomic mass is 19.2. The lowest BCUT2D eigenvalue weighted by Gasteiger charge is -2.25. The molecule has 186 valence electrons. The van der Waals surface area contributed by atoms with E-state index in [1.165, 1.54) is 24.3 Å². The third-order valence-corrected chi connectivity index (χ3v) is 6.02. The first-order valence-corrected chi connectivity index (χ1v) is 11.5. The third kappa shape index (κ3) is 4.42. The van der Waals surface area contributed by atoms with Gasteiger partial charge in [-0.3, -0.25) is 14.5 Å². The van der Waals surface area contributed by atoms with Crippen LogP contribution in [0, 0.1) is 11.6 Å². The smallest absolute Gasteiger partial charge is 0.300 e. The normalized spacial score (nSPS) is 17.2. The van der Waals surface area contributed by atoms with E-state index in [2.05, 4.69) is 0 Å². The fourth-order valence-electron chi connectivity index (χ4n) is 4.33. The van der Waals surface area contributed by atoms with Gasteiger partial charge in [-0.15, -0.1) is 0 Å². The molecular formula is C28H25F2NO5. The van der Waals surface area contributed by atoms with Crippen molar-refractivity contribution in [2.45, 2.75) is 32.7 Å². The van der Waals surface area contributed by atoms with Crippen LogP contribution < -0.4 is 9.64 Å². The number of aromatic hydroxyl groups is 1. The van der Waals surface area contributed by atoms with Crippen molar-refractivity contribution in [3.8, 4) is 11.5 Å². The van der Waals surface area contributed by atoms with E-state index in [0.717, 1.165) is 22.6 Å². The van der Waals surface area contributed by atoms with Gasteiger partial charge in [0, 0.05) is 17.3 Å². The topological polar surface area (TPSA) is 87.1 Å². The molecule has 6 nitrogen and oxygen atoms in total. The van der Waals surface area contributed by atoms with Gasteiger partial charge >= 0.3 is 0 Å². The molecule has 1 aliphatic rings. The molecule has 0 saturated carbocycles. The van der Waals surface area contributed by atoms with E-state index >= 15 is 0 Å². The number of aliphatic hydroxyl groups excluding tert-OH is 1. The molecule has 1 unspecified atom stereocenters. The van der Waals surface area contributed by atoms with Crippen LogP contribution >= 0.6 is 0 Å². The van der Waals surface area contributed by atoms with E-state index in [9.17, 15) is 28.6 Å². The molecule has 0 aliphatic carbocycles. The zero-order valence-corrected chi connectivity index (χ0v) is 20.0. The number of ether oxygens (including phenoxy) is 1. The van der Waals surface area contributed by atoms with Crippen LogP contribution in [0.5, 0.6) is 11.5 Å². The van der Waals surface area contributed by atoms with Crippen LogP contribution in [-0.2, 0) is 9.59 Å². The molecule has 1 heterocycles. The van der Waals surface area contributed by atoms with Crippen molar-refractivity contribution in [2.24, 2.45) is 0 Å². The van der Waals surface area contributed by atoms with E-state index < -0.39 is 35.1 Å². The number of Topliss-reactive ketones (excluding diaryl/α,β-unsaturated/α-hetero) is 1. The number of carbonyl (C=O) groups excluding carboxylic acids is 2. The number of benzene rings is 3. The molecule has 0 bridgehead atoms. The first kappa shape index (κ1) is 24.9. The Morgan fingerprint density at radius 2 is 1.78 bits per heavy atom. The molecule has 1 atom stereocenters. The molecule has 0 spiro atoms. The zero-order valence-electron chi connectivity index (χ0n) is 20.0. The highest BCUT2D eigenvalue weighted by Gasteiger charge is 2.47. The maximum Gasteiger partial charge on any atom is 0.300 e. The predicted octanol–water partition coefficient (Wildman–Crippen LogP) is 5.82. The first-order valence-electron chi connectivity index (χ1n) is 11.5. The summed E-state index contributed by atoms with van der Waals surface area (Å²) in [5.41, 5.74) is 1.07. The number of hydrogen-bond donors (Lipinski definition) is 2. The largest absolute Gasteiger partial charge is 0.508 e. The van der Waals surface area contributed by atoms with Crippen molar-refractivity contribution in [2.75, 3.05) is 11.5 Å². The Morgan fingerprint density at radius 1 is 1.03 bits per heavy atom. The van der Waals surface area contributed by atoms with Crippen LogP contribution in [0.15, 0.2) is 66.2 Å². The Morgan fingerprint density at radius 3 is 2.42 bits per heavy atom. The molecule has 3 aromatic carbocycles. The second-order valence-corrected chi connectivity index (χ2v) is 8.70. The molecule has 1 fully saturated rings. The molecule has 1 aliphatic heterocycles. The maximum absolute atomic E-state index is 14.1. The Kier molecular flexibility index (Phi) is 6.79. The van der Waals surface area contributed by atoms with Crippen LogP contribution in [0.25, 0.3) is 5.76 Å². The Bertz CT molecular complexity index is 1380. The Labute approximate surface area is 207 Å². The molecule has 0 aromatic heterocycles. The van der Waals surface area contributed by atoms with E-state index in [1.54, 1.807) is 24.3 Å². The summed E-state index contributed by atoms with van der Waals surface area (Å²) in [6, 6.07) is 12.4. The average molecular weight is 494 g/mol. The lowest BCUT2D eigenvalue weighted by Crippen LogP contribution is -2.29. The number of halogens is 2. The van der Waals surface area contributed by atoms with Crippen LogP contribution in [0.4, 0.5) is 14.5 Å². The third-order valence-electron chi connectivity index (χ3n) is 6.02. The average Bonchev–Trinajstić information content (AvgIpc) is 3.11. The number of ketones is 1. The van der Waals surface area contributed by atoms with Crippen LogP contribution in [-0.4, -0.2) is 28.5 Å². The number of phenols is 1. The van der Waals surface area contributed by atoms with E-state index in [4.69, 9.17) is 4.74 Å². The molecule has 1 saturated heterocycles. The number of phenolic OH excluding ortho intramolecular Hbond substituents is 1. The lowest BCUT2D eigenvalue weighted by molar-refractivity contribution is -0.132. The van der Waals surface area contributed by atoms with Gasteiger partial charge in [0.1, 0.15) is 17.3 Å². The molecule has 4 rings (SSSR count). The fraction of sp³-hybridized carbons (Fsp3) is 0.214. The van der Waals surface area contributed by atoms with Crippen molar-refractivity contribution in [1.29, 1.82) is 0 Å². The van der Waals surface area contributed by atoms with Gasteiger partial charge in [-0.2, -0.15) is 0 Å². The summed E-state index contributed by atoms with van der Waals surface area (Å²) in [5.74, 6) is -4.22. The number of amides is 1. The number of carbonyl (C=O) groups is 2. The monoisotopic (exact) mass is 493 g/mol. The van der Waals surface area contributed by atoms with Gasteiger partial charge in [-0.25, -0.2) is 8.78 Å². The van der Waals surface area contributed by atoms with Gasteiger partial charge in [0.05, 0.1) is 18.2 Å². The summed E-state index contributed by atoms with van der Waals surface area (Å²) in [5, 5.41) is 21.4. The van der Waals surface area contributed by atoms with Crippen molar-refractivity contribution >= 4 is 23.1 Å². The van der Waals surface area contributed by atoms with Gasteiger partial charge in [0.25, 0.3) is 11.7 Å². The predicted molar refractivity (Wildman–Crippen MR) is 131 cm³/mol. The highest BCUT2D eigenvalue weighted by molar-refractivity contribution is 6.51. The summed E-state index contributed by atoms with van der Waals surface area (Å²) < 4.78 is 33.4. The first-order chi connectivity index (χ1) is 17.1. The molecular weight excluding hydrogens is 468 g/mol. The molecule has 2 N–H and O–H groups in total. The zero-order chi connectivity index (χ0) is 26.1. The highest BCUT2D eigenvalue weighted by Crippen LogP contribution is 2.43. The van der Waals surface area contributed by atoms with E-state index in [1.807, 2.05) is 20.8 Å². The summed E-state index contributed by atoms with van der Waals surface area (Å²) in [7, 11) is 0. The fourth-order valence-corrected chi connectivity index (χ4v) is 4.33. The Balaban J connectivity index is 1.95. The second kappa shape index (κ2) is 9.81. The number of rotatable bonds is 6. The van der Waals surface area contributed by atoms with Gasteiger partial charge in [0.15, 0.2) is 11.6 Å². The minimum absolute atomic E-state index is 0.0331. The van der Waals surface area contributed by atoms with Crippen molar-refractivity contribution in [3.05, 3.63) is 94.6 Å². The van der Waals surface area contributed by atoms with Crippen LogP contribution in [0.1, 0.15) is 49.4 Å². The number of nitrogens with zero attached hydrogens (tertiary/aromatic N) is 1. The minimum atomic E-state index is -1.20. The lowest BCUT2D eigenvalue weighted by atomic mass is 9.93. The molecule has 36 heavy (non-hydrogen) atoms. The summed E-state index contributed by atoms with van der Waals surface area (Å²) in [6.07, 6.45) is 0. The SMILES string of the molecule is CCOc1ccc(/C(O)=C2/C(=O)C(=O)N(c3ccc(F)c(F)c3)C2c2cccc(O)c2)cc1C(C)C. The van der Waals surface area contributed by atoms with Crippen molar-refractivity contribution in [1.82, 2.24) is 0 Å². The molecule has 3 aromatic rings. The molecule has 0 radical (unpaired) electrons. The summed E-state index contributed by atoms with van der Waals surface area (Å²) in [4.78, 5) is 27.4. The van der Waals surface area contributed by atoms with E-state index in [-0.39, 0.29) is 28.5 Å². The Hall–Kier alpha value is -4.20. The van der Waals surface area contributed by atoms with Crippen molar-refractivity contribution < 1.29 is 33.3 Å². The summed E-state index contributed by atoms with van der Waals surface area (Å²) in [6.45, 7) is 6.21. The second-order valence-electron chi connectivity index (χ2n) is 8.70. The number of aliphatic hydroxyl groups is 1. The van der Waals surface area contributed by atoms with Gasteiger partial charge in [-0.05, 0) is 66.4 Å². The standard InChI is InChI=1S/C28H25F2NO5/c1-4-36-23-11-8-17(13-20(23)15(2)3)26(33)24-25(16-6-5-7-19(32)12-16)31(28(35)27(24)34)18-9-10-21(29)22(30)14-18/h5-15,25,32-33H,4H2,1-3H3/b26-24-. The van der Waals surface area contributed by atoms with E-state index in [0.29, 0.717) is 17.9 Å².